The number of aromatic nitrogens is 1. The van der Waals surface area contributed by atoms with Gasteiger partial charge in [0.05, 0.1) is 4.90 Å². The molecule has 9 heteroatoms. The average Bonchev–Trinajstić information content (AvgIpc) is 3.55. The summed E-state index contributed by atoms with van der Waals surface area (Å²) < 4.78 is 34.9. The van der Waals surface area contributed by atoms with Crippen LogP contribution in [0.5, 0.6) is 0 Å². The third kappa shape index (κ3) is 4.76. The second kappa shape index (κ2) is 9.20. The van der Waals surface area contributed by atoms with E-state index in [0.717, 1.165) is 22.7 Å². The number of benzene rings is 3. The number of fused-ring (bicyclic) bond motifs is 1. The fraction of sp³-hybridized carbons (Fsp3) is 0.241. The summed E-state index contributed by atoms with van der Waals surface area (Å²) in [6.07, 6.45) is 1.90. The number of pyridine rings is 1. The van der Waals surface area contributed by atoms with Crippen molar-refractivity contribution in [3.8, 4) is 11.1 Å². The quantitative estimate of drug-likeness (QED) is 0.262. The second-order valence-corrected chi connectivity index (χ2v) is 12.3. The van der Waals surface area contributed by atoms with Crippen molar-refractivity contribution in [2.24, 2.45) is 0 Å². The highest BCUT2D eigenvalue weighted by atomic mass is 32.2. The molecular weight excluding hydrogens is 500 g/mol. The largest absolute Gasteiger partial charge is 0.383 e. The number of nitrogen functional groups attached to an aromatic ring is 1. The summed E-state index contributed by atoms with van der Waals surface area (Å²) in [6.45, 7) is 7.33. The van der Waals surface area contributed by atoms with Crippen LogP contribution >= 0.6 is 0 Å². The molecule has 1 aromatic heterocycles. The minimum Gasteiger partial charge on any atom is -0.383 e. The standard InChI is InChI=1S/C29H30N4O4S/c1-28(2,3)32-38(35,36)25-8-6-5-7-23(25)19-10-13-22(14-11-19)33(18-34)27-29(4,37-27)21-12-9-20-15-16-31-26(30)24(20)17-21/h5-18,27,32H,1-4H3,(H2,30,31). The predicted octanol–water partition coefficient (Wildman–Crippen LogP) is 4.80. The minimum atomic E-state index is -3.75. The van der Waals surface area contributed by atoms with E-state index in [1.54, 1.807) is 75.5 Å². The lowest BCUT2D eigenvalue weighted by Gasteiger charge is -2.22. The van der Waals surface area contributed by atoms with Gasteiger partial charge in [-0.1, -0.05) is 42.5 Å². The highest BCUT2D eigenvalue weighted by molar-refractivity contribution is 7.89. The summed E-state index contributed by atoms with van der Waals surface area (Å²) in [6, 6.07) is 21.8. The Morgan fingerprint density at radius 3 is 2.45 bits per heavy atom. The third-order valence-corrected chi connectivity index (χ3v) is 8.42. The summed E-state index contributed by atoms with van der Waals surface area (Å²) in [7, 11) is -3.75. The van der Waals surface area contributed by atoms with Gasteiger partial charge >= 0.3 is 0 Å². The van der Waals surface area contributed by atoms with Crippen LogP contribution in [0, 0.1) is 0 Å². The summed E-state index contributed by atoms with van der Waals surface area (Å²) in [4.78, 5) is 18.1. The molecule has 38 heavy (non-hydrogen) atoms. The first-order valence-electron chi connectivity index (χ1n) is 12.2. The first-order chi connectivity index (χ1) is 17.9. The van der Waals surface area contributed by atoms with Crippen molar-refractivity contribution in [3.05, 3.63) is 84.6 Å². The zero-order valence-corrected chi connectivity index (χ0v) is 22.5. The Bertz CT molecular complexity index is 1630. The highest BCUT2D eigenvalue weighted by Crippen LogP contribution is 2.49. The van der Waals surface area contributed by atoms with Crippen LogP contribution in [-0.2, 0) is 25.2 Å². The van der Waals surface area contributed by atoms with Crippen molar-refractivity contribution in [1.82, 2.24) is 9.71 Å². The molecule has 4 aromatic rings. The number of carbonyl (C=O) groups excluding carboxylic acids is 1. The van der Waals surface area contributed by atoms with E-state index in [1.807, 2.05) is 31.2 Å². The molecule has 1 amide bonds. The van der Waals surface area contributed by atoms with Crippen molar-refractivity contribution >= 4 is 38.7 Å². The van der Waals surface area contributed by atoms with E-state index in [-0.39, 0.29) is 4.90 Å². The van der Waals surface area contributed by atoms with Crippen LogP contribution in [0.2, 0.25) is 0 Å². The van der Waals surface area contributed by atoms with Gasteiger partial charge in [-0.05, 0) is 74.5 Å². The molecule has 2 atom stereocenters. The molecule has 8 nitrogen and oxygen atoms in total. The van der Waals surface area contributed by atoms with E-state index in [0.29, 0.717) is 22.6 Å². The van der Waals surface area contributed by atoms with E-state index >= 15 is 0 Å². The highest BCUT2D eigenvalue weighted by Gasteiger charge is 2.57. The minimum absolute atomic E-state index is 0.193. The van der Waals surface area contributed by atoms with Crippen molar-refractivity contribution in [2.45, 2.75) is 50.0 Å². The van der Waals surface area contributed by atoms with Crippen LogP contribution in [0.4, 0.5) is 11.5 Å². The third-order valence-electron chi connectivity index (χ3n) is 6.60. The maximum absolute atomic E-state index is 13.1. The van der Waals surface area contributed by atoms with E-state index in [4.69, 9.17) is 10.5 Å². The van der Waals surface area contributed by atoms with Gasteiger partial charge in [0.15, 0.2) is 6.23 Å². The molecule has 0 bridgehead atoms. The number of carbonyl (C=O) groups is 1. The molecule has 1 aliphatic rings. The number of anilines is 2. The second-order valence-electron chi connectivity index (χ2n) is 10.6. The van der Waals surface area contributed by atoms with Crippen LogP contribution in [0.1, 0.15) is 33.3 Å². The molecule has 1 aliphatic heterocycles. The number of hydrogen-bond donors (Lipinski definition) is 2. The van der Waals surface area contributed by atoms with E-state index in [9.17, 15) is 13.2 Å². The molecule has 2 heterocycles. The summed E-state index contributed by atoms with van der Waals surface area (Å²) >= 11 is 0. The zero-order valence-electron chi connectivity index (χ0n) is 21.7. The first-order valence-corrected chi connectivity index (χ1v) is 13.7. The topological polar surface area (TPSA) is 118 Å². The zero-order chi connectivity index (χ0) is 27.3. The maximum Gasteiger partial charge on any atom is 0.241 e. The monoisotopic (exact) mass is 530 g/mol. The number of hydrogen-bond acceptors (Lipinski definition) is 6. The fourth-order valence-electron chi connectivity index (χ4n) is 4.69. The lowest BCUT2D eigenvalue weighted by molar-refractivity contribution is -0.107. The van der Waals surface area contributed by atoms with Gasteiger partial charge in [-0.2, -0.15) is 0 Å². The number of nitrogens with one attached hydrogen (secondary N) is 1. The van der Waals surface area contributed by atoms with E-state index in [1.165, 1.54) is 4.90 Å². The SMILES string of the molecule is CC(C)(C)NS(=O)(=O)c1ccccc1-c1ccc(N(C=O)C2OC2(C)c2ccc3ccnc(N)c3c2)cc1. The van der Waals surface area contributed by atoms with Gasteiger partial charge in [0.1, 0.15) is 11.4 Å². The van der Waals surface area contributed by atoms with Crippen LogP contribution in [0.3, 0.4) is 0 Å². The number of nitrogens with two attached hydrogens (primary N) is 1. The lowest BCUT2D eigenvalue weighted by Crippen LogP contribution is -2.40. The van der Waals surface area contributed by atoms with Crippen molar-refractivity contribution < 1.29 is 17.9 Å². The van der Waals surface area contributed by atoms with Crippen molar-refractivity contribution in [2.75, 3.05) is 10.6 Å². The molecular formula is C29H30N4O4S. The van der Waals surface area contributed by atoms with Gasteiger partial charge < -0.3 is 10.5 Å². The maximum atomic E-state index is 13.1. The average molecular weight is 531 g/mol. The normalized spacial score (nSPS) is 19.3. The summed E-state index contributed by atoms with van der Waals surface area (Å²) in [5, 5.41) is 1.81. The first kappa shape index (κ1) is 25.8. The molecule has 3 aromatic carbocycles. The van der Waals surface area contributed by atoms with Crippen molar-refractivity contribution in [1.29, 1.82) is 0 Å². The lowest BCUT2D eigenvalue weighted by atomic mass is 9.96. The van der Waals surface area contributed by atoms with Crippen LogP contribution in [0.25, 0.3) is 21.9 Å². The summed E-state index contributed by atoms with van der Waals surface area (Å²) in [5.41, 5.74) is 7.55. The van der Waals surface area contributed by atoms with Crippen LogP contribution < -0.4 is 15.4 Å². The number of sulfonamides is 1. The Kier molecular flexibility index (Phi) is 6.25. The molecule has 2 unspecified atom stereocenters. The van der Waals surface area contributed by atoms with Crippen molar-refractivity contribution in [3.63, 3.8) is 0 Å². The summed E-state index contributed by atoms with van der Waals surface area (Å²) in [5.74, 6) is 0.438. The van der Waals surface area contributed by atoms with E-state index < -0.39 is 27.4 Å². The Labute approximate surface area is 222 Å². The number of epoxide rings is 1. The van der Waals surface area contributed by atoms with Gasteiger partial charge in [-0.25, -0.2) is 18.1 Å². The van der Waals surface area contributed by atoms with Crippen LogP contribution in [0.15, 0.2) is 83.9 Å². The molecule has 5 rings (SSSR count). The van der Waals surface area contributed by atoms with Gasteiger partial charge in [-0.3, -0.25) is 9.69 Å². The van der Waals surface area contributed by atoms with Crippen LogP contribution in [-0.4, -0.2) is 31.6 Å². The van der Waals surface area contributed by atoms with Gasteiger partial charge in [0.25, 0.3) is 0 Å². The predicted molar refractivity (Wildman–Crippen MR) is 149 cm³/mol. The Morgan fingerprint density at radius 1 is 1.05 bits per heavy atom. The molecule has 0 saturated carbocycles. The molecule has 0 spiro atoms. The molecule has 0 aliphatic carbocycles. The van der Waals surface area contributed by atoms with Gasteiger partial charge in [0, 0.05) is 28.4 Å². The molecule has 0 radical (unpaired) electrons. The number of amides is 1. The van der Waals surface area contributed by atoms with E-state index in [2.05, 4.69) is 9.71 Å². The Hall–Kier alpha value is -3.79. The molecule has 1 saturated heterocycles. The number of ether oxygens (including phenoxy) is 1. The molecule has 196 valence electrons. The molecule has 1 fully saturated rings. The fourth-order valence-corrected chi connectivity index (χ4v) is 6.34. The molecule has 3 N–H and O–H groups in total. The smallest absolute Gasteiger partial charge is 0.241 e. The van der Waals surface area contributed by atoms with Gasteiger partial charge in [0.2, 0.25) is 16.4 Å². The Morgan fingerprint density at radius 2 is 1.76 bits per heavy atom. The number of rotatable bonds is 7. The Balaban J connectivity index is 1.42. The van der Waals surface area contributed by atoms with Gasteiger partial charge in [-0.15, -0.1) is 0 Å². The number of nitrogens with zero attached hydrogens (tertiary/aromatic N) is 2.